The maximum atomic E-state index is 12.6. The number of rotatable bonds is 7. The Morgan fingerprint density at radius 1 is 1.20 bits per heavy atom. The molecule has 156 valence electrons. The Labute approximate surface area is 182 Å². The first-order valence-corrected chi connectivity index (χ1v) is 10.3. The Morgan fingerprint density at radius 2 is 1.90 bits per heavy atom. The lowest BCUT2D eigenvalue weighted by molar-refractivity contribution is -0.384. The summed E-state index contributed by atoms with van der Waals surface area (Å²) >= 11 is 7.22. The molecule has 1 aromatic heterocycles. The number of non-ortho nitro benzene ring substituents is 1. The van der Waals surface area contributed by atoms with Crippen LogP contribution in [0.1, 0.15) is 32.3 Å². The third-order valence-corrected chi connectivity index (χ3v) is 5.68. The average molecular weight is 447 g/mol. The minimum atomic E-state index is -0.583. The van der Waals surface area contributed by atoms with E-state index in [-0.39, 0.29) is 22.3 Å². The fraction of sp³-hybridized carbons (Fsp3) is 0.263. The van der Waals surface area contributed by atoms with Crippen molar-refractivity contribution in [1.82, 2.24) is 20.2 Å². The minimum absolute atomic E-state index is 0.163. The van der Waals surface area contributed by atoms with Crippen LogP contribution in [0.5, 0.6) is 0 Å². The van der Waals surface area contributed by atoms with Gasteiger partial charge in [-0.3, -0.25) is 14.9 Å². The highest BCUT2D eigenvalue weighted by Crippen LogP contribution is 2.29. The van der Waals surface area contributed by atoms with E-state index in [1.165, 1.54) is 23.8 Å². The second kappa shape index (κ2) is 9.23. The molecule has 0 spiro atoms. The third kappa shape index (κ3) is 4.95. The van der Waals surface area contributed by atoms with Gasteiger partial charge in [0.25, 0.3) is 5.69 Å². The van der Waals surface area contributed by atoms with Gasteiger partial charge in [-0.1, -0.05) is 49.3 Å². The van der Waals surface area contributed by atoms with E-state index < -0.39 is 10.2 Å². The number of anilines is 1. The number of halogens is 1. The first kappa shape index (κ1) is 21.7. The molecule has 1 unspecified atom stereocenters. The lowest BCUT2D eigenvalue weighted by Gasteiger charge is -2.13. The minimum Gasteiger partial charge on any atom is -0.324 e. The van der Waals surface area contributed by atoms with Crippen LogP contribution in [-0.4, -0.2) is 36.3 Å². The van der Waals surface area contributed by atoms with E-state index in [0.717, 1.165) is 17.4 Å². The quantitative estimate of drug-likeness (QED) is 0.323. The van der Waals surface area contributed by atoms with Gasteiger partial charge >= 0.3 is 0 Å². The van der Waals surface area contributed by atoms with Gasteiger partial charge in [0.1, 0.15) is 0 Å². The number of tetrazole rings is 1. The van der Waals surface area contributed by atoms with E-state index >= 15 is 0 Å². The predicted molar refractivity (Wildman–Crippen MR) is 115 cm³/mol. The van der Waals surface area contributed by atoms with Crippen molar-refractivity contribution < 1.29 is 9.72 Å². The molecule has 0 aliphatic heterocycles. The molecular weight excluding hydrogens is 428 g/mol. The zero-order valence-corrected chi connectivity index (χ0v) is 18.0. The molecule has 1 atom stereocenters. The van der Waals surface area contributed by atoms with Crippen molar-refractivity contribution in [3.05, 3.63) is 63.2 Å². The number of carbonyl (C=O) groups excluding carboxylic acids is 1. The fourth-order valence-corrected chi connectivity index (χ4v) is 3.56. The predicted octanol–water partition coefficient (Wildman–Crippen LogP) is 4.47. The number of hydrogen-bond acceptors (Lipinski definition) is 7. The number of hydrogen-bond donors (Lipinski definition) is 1. The van der Waals surface area contributed by atoms with Crippen molar-refractivity contribution >= 4 is 40.6 Å². The summed E-state index contributed by atoms with van der Waals surface area (Å²) in [5.74, 6) is 0.0261. The van der Waals surface area contributed by atoms with Gasteiger partial charge in [0.2, 0.25) is 11.1 Å². The van der Waals surface area contributed by atoms with E-state index in [9.17, 15) is 14.9 Å². The molecule has 0 fully saturated rings. The summed E-state index contributed by atoms with van der Waals surface area (Å²) in [5, 5.41) is 25.4. The molecule has 0 bridgehead atoms. The zero-order chi connectivity index (χ0) is 21.8. The fourth-order valence-electron chi connectivity index (χ4n) is 2.58. The monoisotopic (exact) mass is 446 g/mol. The molecule has 3 rings (SSSR count). The number of benzene rings is 2. The molecule has 9 nitrogen and oxygen atoms in total. The smallest absolute Gasteiger partial charge is 0.271 e. The second-order valence-electron chi connectivity index (χ2n) is 6.79. The topological polar surface area (TPSA) is 116 Å². The highest BCUT2D eigenvalue weighted by Gasteiger charge is 2.21. The Hall–Kier alpha value is -2.98. The van der Waals surface area contributed by atoms with Crippen LogP contribution in [0.4, 0.5) is 11.4 Å². The summed E-state index contributed by atoms with van der Waals surface area (Å²) in [6.45, 7) is 5.91. The van der Waals surface area contributed by atoms with Crippen LogP contribution in [-0.2, 0) is 4.79 Å². The molecule has 2 aromatic carbocycles. The molecular formula is C19H19ClN6O3S. The standard InChI is InChI=1S/C19H19ClN6O3S/c1-11(2)13-4-6-14(7-5-13)25-19(22-23-24-25)30-12(3)18(27)21-17-10-15(26(28)29)8-9-16(17)20/h4-12H,1-3H3,(H,21,27). The molecule has 0 saturated heterocycles. The van der Waals surface area contributed by atoms with Crippen LogP contribution in [0.3, 0.4) is 0 Å². The van der Waals surface area contributed by atoms with Gasteiger partial charge in [-0.05, 0) is 47.0 Å². The number of nitro groups is 1. The molecule has 3 aromatic rings. The highest BCUT2D eigenvalue weighted by molar-refractivity contribution is 8.00. The maximum Gasteiger partial charge on any atom is 0.271 e. The van der Waals surface area contributed by atoms with Crippen molar-refractivity contribution in [3.63, 3.8) is 0 Å². The Kier molecular flexibility index (Phi) is 6.68. The van der Waals surface area contributed by atoms with Crippen molar-refractivity contribution in [2.75, 3.05) is 5.32 Å². The summed E-state index contributed by atoms with van der Waals surface area (Å²) < 4.78 is 1.55. The van der Waals surface area contributed by atoms with Gasteiger partial charge in [-0.15, -0.1) is 5.10 Å². The molecule has 0 aliphatic rings. The first-order valence-electron chi connectivity index (χ1n) is 9.06. The largest absolute Gasteiger partial charge is 0.324 e. The van der Waals surface area contributed by atoms with Crippen LogP contribution >= 0.6 is 23.4 Å². The lowest BCUT2D eigenvalue weighted by Crippen LogP contribution is -2.23. The van der Waals surface area contributed by atoms with E-state index in [0.29, 0.717) is 11.1 Å². The average Bonchev–Trinajstić information content (AvgIpc) is 3.17. The maximum absolute atomic E-state index is 12.6. The van der Waals surface area contributed by atoms with Gasteiger partial charge in [-0.2, -0.15) is 4.68 Å². The molecule has 1 amide bonds. The Morgan fingerprint density at radius 3 is 2.53 bits per heavy atom. The molecule has 0 aliphatic carbocycles. The highest BCUT2D eigenvalue weighted by atomic mass is 35.5. The van der Waals surface area contributed by atoms with Crippen LogP contribution < -0.4 is 5.32 Å². The van der Waals surface area contributed by atoms with Gasteiger partial charge in [0, 0.05) is 12.1 Å². The third-order valence-electron chi connectivity index (χ3n) is 4.32. The summed E-state index contributed by atoms with van der Waals surface area (Å²) in [4.78, 5) is 23.0. The molecule has 1 heterocycles. The number of thioether (sulfide) groups is 1. The van der Waals surface area contributed by atoms with E-state index in [1.54, 1.807) is 11.6 Å². The van der Waals surface area contributed by atoms with Crippen LogP contribution in [0.25, 0.3) is 5.69 Å². The van der Waals surface area contributed by atoms with Gasteiger partial charge in [-0.25, -0.2) is 0 Å². The number of nitrogens with one attached hydrogen (secondary N) is 1. The van der Waals surface area contributed by atoms with Crippen molar-refractivity contribution in [2.45, 2.75) is 37.1 Å². The van der Waals surface area contributed by atoms with Crippen LogP contribution in [0, 0.1) is 10.1 Å². The van der Waals surface area contributed by atoms with Crippen molar-refractivity contribution in [3.8, 4) is 5.69 Å². The van der Waals surface area contributed by atoms with Gasteiger partial charge < -0.3 is 5.32 Å². The summed E-state index contributed by atoms with van der Waals surface area (Å²) in [6, 6.07) is 11.7. The summed E-state index contributed by atoms with van der Waals surface area (Å²) in [7, 11) is 0. The number of carbonyl (C=O) groups is 1. The van der Waals surface area contributed by atoms with Crippen molar-refractivity contribution in [2.24, 2.45) is 0 Å². The van der Waals surface area contributed by atoms with Crippen LogP contribution in [0.15, 0.2) is 47.6 Å². The van der Waals surface area contributed by atoms with E-state index in [4.69, 9.17) is 11.6 Å². The number of aromatic nitrogens is 4. The molecule has 11 heteroatoms. The Bertz CT molecular complexity index is 1070. The normalized spacial score (nSPS) is 12.0. The second-order valence-corrected chi connectivity index (χ2v) is 8.51. The van der Waals surface area contributed by atoms with Crippen molar-refractivity contribution in [1.29, 1.82) is 0 Å². The van der Waals surface area contributed by atoms with E-state index in [2.05, 4.69) is 34.7 Å². The summed E-state index contributed by atoms with van der Waals surface area (Å²) in [5.41, 5.74) is 1.99. The molecule has 1 N–H and O–H groups in total. The van der Waals surface area contributed by atoms with Gasteiger partial charge in [0.15, 0.2) is 0 Å². The molecule has 30 heavy (non-hydrogen) atoms. The van der Waals surface area contributed by atoms with Gasteiger partial charge in [0.05, 0.1) is 26.6 Å². The summed E-state index contributed by atoms with van der Waals surface area (Å²) in [6.07, 6.45) is 0. The van der Waals surface area contributed by atoms with E-state index in [1.807, 2.05) is 24.3 Å². The molecule has 0 radical (unpaired) electrons. The first-order chi connectivity index (χ1) is 14.3. The lowest BCUT2D eigenvalue weighted by atomic mass is 10.0. The number of nitro benzene ring substituents is 1. The number of nitrogens with zero attached hydrogens (tertiary/aromatic N) is 5. The number of amides is 1. The zero-order valence-electron chi connectivity index (χ0n) is 16.4. The SMILES string of the molecule is CC(Sc1nnnn1-c1ccc(C(C)C)cc1)C(=O)Nc1cc([N+](=O)[O-])ccc1Cl. The molecule has 0 saturated carbocycles. The Balaban J connectivity index is 1.73. The van der Waals surface area contributed by atoms with Crippen LogP contribution in [0.2, 0.25) is 5.02 Å².